The Morgan fingerprint density at radius 1 is 1.17 bits per heavy atom. The molecule has 0 spiro atoms. The molecule has 0 fully saturated rings. The van der Waals surface area contributed by atoms with Crippen LogP contribution in [0.3, 0.4) is 0 Å². The van der Waals surface area contributed by atoms with Crippen LogP contribution in [0.4, 0.5) is 5.69 Å². The Morgan fingerprint density at radius 2 is 1.92 bits per heavy atom. The lowest BCUT2D eigenvalue weighted by Gasteiger charge is -2.04. The molecule has 1 N–H and O–H groups in total. The molecule has 0 saturated heterocycles. The number of anilines is 1. The van der Waals surface area contributed by atoms with Crippen LogP contribution in [0.25, 0.3) is 11.3 Å². The molecule has 0 saturated carbocycles. The van der Waals surface area contributed by atoms with Gasteiger partial charge in [0.05, 0.1) is 11.2 Å². The Labute approximate surface area is 153 Å². The number of carbonyl (C=O) groups excluding carboxylic acids is 1. The fourth-order valence-electron chi connectivity index (χ4n) is 2.19. The van der Waals surface area contributed by atoms with Crippen molar-refractivity contribution in [2.75, 3.05) is 5.32 Å². The molecule has 0 unspecified atom stereocenters. The van der Waals surface area contributed by atoms with Crippen molar-refractivity contribution in [1.29, 1.82) is 0 Å². The SMILES string of the molecule is O=C(CCc1ncc(-c2ccccc2Cl)o1)Nc1ccc(Br)cc1. The van der Waals surface area contributed by atoms with Crippen molar-refractivity contribution in [3.05, 3.63) is 70.1 Å². The van der Waals surface area contributed by atoms with E-state index < -0.39 is 0 Å². The van der Waals surface area contributed by atoms with Crippen LogP contribution in [-0.4, -0.2) is 10.9 Å². The lowest BCUT2D eigenvalue weighted by atomic mass is 10.2. The number of oxazole rings is 1. The van der Waals surface area contributed by atoms with Crippen LogP contribution in [-0.2, 0) is 11.2 Å². The summed E-state index contributed by atoms with van der Waals surface area (Å²) in [5.41, 5.74) is 1.55. The molecule has 0 aliphatic rings. The normalized spacial score (nSPS) is 10.6. The van der Waals surface area contributed by atoms with Gasteiger partial charge in [-0.15, -0.1) is 0 Å². The Kier molecular flexibility index (Phi) is 5.33. The molecule has 122 valence electrons. The molecule has 6 heteroatoms. The summed E-state index contributed by atoms with van der Waals surface area (Å²) in [6, 6.07) is 14.8. The number of nitrogens with one attached hydrogen (secondary N) is 1. The summed E-state index contributed by atoms with van der Waals surface area (Å²) in [5.74, 6) is 1.02. The average molecular weight is 406 g/mol. The molecule has 1 aromatic heterocycles. The molecular formula is C18H14BrClN2O2. The van der Waals surface area contributed by atoms with Crippen LogP contribution in [0.2, 0.25) is 5.02 Å². The standard InChI is InChI=1S/C18H14BrClN2O2/c19-12-5-7-13(8-6-12)22-17(23)9-10-18-21-11-16(24-18)14-3-1-2-4-15(14)20/h1-8,11H,9-10H2,(H,22,23). The van der Waals surface area contributed by atoms with Gasteiger partial charge in [-0.3, -0.25) is 4.79 Å². The molecule has 0 aliphatic carbocycles. The van der Waals surface area contributed by atoms with E-state index in [4.69, 9.17) is 16.0 Å². The highest BCUT2D eigenvalue weighted by Crippen LogP contribution is 2.28. The lowest BCUT2D eigenvalue weighted by molar-refractivity contribution is -0.116. The lowest BCUT2D eigenvalue weighted by Crippen LogP contribution is -2.12. The van der Waals surface area contributed by atoms with E-state index >= 15 is 0 Å². The maximum absolute atomic E-state index is 12.0. The summed E-state index contributed by atoms with van der Waals surface area (Å²) < 4.78 is 6.65. The monoisotopic (exact) mass is 404 g/mol. The van der Waals surface area contributed by atoms with E-state index in [1.54, 1.807) is 12.3 Å². The Bertz CT molecular complexity index is 846. The van der Waals surface area contributed by atoms with Gasteiger partial charge in [0.15, 0.2) is 11.7 Å². The minimum atomic E-state index is -0.0881. The number of rotatable bonds is 5. The third kappa shape index (κ3) is 4.24. The first kappa shape index (κ1) is 16.7. The molecule has 0 bridgehead atoms. The van der Waals surface area contributed by atoms with Crippen LogP contribution < -0.4 is 5.32 Å². The zero-order valence-electron chi connectivity index (χ0n) is 12.6. The summed E-state index contributed by atoms with van der Waals surface area (Å²) in [6.07, 6.45) is 2.34. The number of aryl methyl sites for hydroxylation is 1. The van der Waals surface area contributed by atoms with Crippen LogP contribution in [0.15, 0.2) is 63.6 Å². The van der Waals surface area contributed by atoms with E-state index in [-0.39, 0.29) is 5.91 Å². The highest BCUT2D eigenvalue weighted by atomic mass is 79.9. The Morgan fingerprint density at radius 3 is 2.67 bits per heavy atom. The first-order chi connectivity index (χ1) is 11.6. The van der Waals surface area contributed by atoms with Gasteiger partial charge in [-0.25, -0.2) is 4.98 Å². The number of hydrogen-bond acceptors (Lipinski definition) is 3. The second-order valence-electron chi connectivity index (χ2n) is 5.15. The number of amides is 1. The predicted molar refractivity (Wildman–Crippen MR) is 98.0 cm³/mol. The number of carbonyl (C=O) groups is 1. The first-order valence-corrected chi connectivity index (χ1v) is 8.54. The molecule has 24 heavy (non-hydrogen) atoms. The molecule has 0 aliphatic heterocycles. The number of nitrogens with zero attached hydrogens (tertiary/aromatic N) is 1. The summed E-state index contributed by atoms with van der Waals surface area (Å²) in [4.78, 5) is 16.2. The van der Waals surface area contributed by atoms with Gasteiger partial charge in [0.2, 0.25) is 5.91 Å². The van der Waals surface area contributed by atoms with Crippen molar-refractivity contribution in [1.82, 2.24) is 4.98 Å². The van der Waals surface area contributed by atoms with Gasteiger partial charge in [0, 0.05) is 28.6 Å². The predicted octanol–water partition coefficient (Wildman–Crippen LogP) is 5.33. The largest absolute Gasteiger partial charge is 0.441 e. The zero-order chi connectivity index (χ0) is 16.9. The summed E-state index contributed by atoms with van der Waals surface area (Å²) in [5, 5.41) is 3.44. The van der Waals surface area contributed by atoms with E-state index in [2.05, 4.69) is 26.2 Å². The third-order valence-corrected chi connectivity index (χ3v) is 4.25. The van der Waals surface area contributed by atoms with Gasteiger partial charge in [0.1, 0.15) is 0 Å². The number of benzene rings is 2. The summed E-state index contributed by atoms with van der Waals surface area (Å²) in [6.45, 7) is 0. The minimum Gasteiger partial charge on any atom is -0.441 e. The third-order valence-electron chi connectivity index (χ3n) is 3.39. The van der Waals surface area contributed by atoms with Crippen molar-refractivity contribution in [3.63, 3.8) is 0 Å². The second-order valence-corrected chi connectivity index (χ2v) is 6.48. The van der Waals surface area contributed by atoms with E-state index in [1.165, 1.54) is 0 Å². The first-order valence-electron chi connectivity index (χ1n) is 7.37. The maximum atomic E-state index is 12.0. The molecular weight excluding hydrogens is 392 g/mol. The van der Waals surface area contributed by atoms with E-state index in [9.17, 15) is 4.79 Å². The highest BCUT2D eigenvalue weighted by Gasteiger charge is 2.11. The average Bonchev–Trinajstić information content (AvgIpc) is 3.04. The van der Waals surface area contributed by atoms with Crippen LogP contribution in [0, 0.1) is 0 Å². The molecule has 3 rings (SSSR count). The minimum absolute atomic E-state index is 0.0881. The molecule has 2 aromatic carbocycles. The molecule has 3 aromatic rings. The Hall–Kier alpha value is -2.11. The summed E-state index contributed by atoms with van der Waals surface area (Å²) >= 11 is 9.50. The fraction of sp³-hybridized carbons (Fsp3) is 0.111. The number of aromatic nitrogens is 1. The van der Waals surface area contributed by atoms with Gasteiger partial charge in [-0.05, 0) is 36.4 Å². The van der Waals surface area contributed by atoms with Gasteiger partial charge < -0.3 is 9.73 Å². The zero-order valence-corrected chi connectivity index (χ0v) is 15.0. The van der Waals surface area contributed by atoms with Crippen molar-refractivity contribution in [2.45, 2.75) is 12.8 Å². The Balaban J connectivity index is 1.58. The van der Waals surface area contributed by atoms with Gasteiger partial charge in [0.25, 0.3) is 0 Å². The van der Waals surface area contributed by atoms with Crippen molar-refractivity contribution in [2.24, 2.45) is 0 Å². The van der Waals surface area contributed by atoms with E-state index in [0.29, 0.717) is 29.5 Å². The van der Waals surface area contributed by atoms with Crippen LogP contribution in [0.5, 0.6) is 0 Å². The number of halogens is 2. The highest BCUT2D eigenvalue weighted by molar-refractivity contribution is 9.10. The van der Waals surface area contributed by atoms with Gasteiger partial charge in [-0.1, -0.05) is 39.7 Å². The van der Waals surface area contributed by atoms with Gasteiger partial charge in [-0.2, -0.15) is 0 Å². The van der Waals surface area contributed by atoms with E-state index in [1.807, 2.05) is 42.5 Å². The quantitative estimate of drug-likeness (QED) is 0.624. The second kappa shape index (κ2) is 7.64. The van der Waals surface area contributed by atoms with Crippen molar-refractivity contribution >= 4 is 39.1 Å². The van der Waals surface area contributed by atoms with Crippen LogP contribution in [0.1, 0.15) is 12.3 Å². The van der Waals surface area contributed by atoms with Crippen molar-refractivity contribution < 1.29 is 9.21 Å². The fourth-order valence-corrected chi connectivity index (χ4v) is 2.68. The van der Waals surface area contributed by atoms with Crippen molar-refractivity contribution in [3.8, 4) is 11.3 Å². The van der Waals surface area contributed by atoms with E-state index in [0.717, 1.165) is 15.7 Å². The number of hydrogen-bond donors (Lipinski definition) is 1. The summed E-state index contributed by atoms with van der Waals surface area (Å²) in [7, 11) is 0. The van der Waals surface area contributed by atoms with Gasteiger partial charge >= 0.3 is 0 Å². The molecule has 1 amide bonds. The molecule has 1 heterocycles. The van der Waals surface area contributed by atoms with Crippen LogP contribution >= 0.6 is 27.5 Å². The maximum Gasteiger partial charge on any atom is 0.224 e. The molecule has 0 radical (unpaired) electrons. The molecule has 4 nitrogen and oxygen atoms in total. The smallest absolute Gasteiger partial charge is 0.224 e. The topological polar surface area (TPSA) is 55.1 Å². The molecule has 0 atom stereocenters.